The fourth-order valence-electron chi connectivity index (χ4n) is 1.06. The van der Waals surface area contributed by atoms with Crippen molar-refractivity contribution in [2.45, 2.75) is 6.92 Å². The Kier molecular flexibility index (Phi) is 2.78. The minimum atomic E-state index is -0.505. The first-order chi connectivity index (χ1) is 6.16. The normalized spacial score (nSPS) is 9.69. The van der Waals surface area contributed by atoms with Crippen LogP contribution in [-0.4, -0.2) is 10.1 Å². The Labute approximate surface area is 74.3 Å². The molecule has 0 spiro atoms. The molecule has 0 unspecified atom stereocenters. The van der Waals surface area contributed by atoms with Gasteiger partial charge in [-0.25, -0.2) is 0 Å². The van der Waals surface area contributed by atoms with E-state index in [-0.39, 0.29) is 11.4 Å². The number of nitro benzene ring substituents is 1. The summed E-state index contributed by atoms with van der Waals surface area (Å²) in [6.07, 6.45) is 0. The molecule has 0 aromatic heterocycles. The third kappa shape index (κ3) is 1.92. The van der Waals surface area contributed by atoms with Crippen LogP contribution in [0.1, 0.15) is 5.56 Å². The van der Waals surface area contributed by atoms with Crippen LogP contribution in [0, 0.1) is 17.0 Å². The highest BCUT2D eigenvalue weighted by Crippen LogP contribution is 2.26. The quantitative estimate of drug-likeness (QED) is 0.484. The van der Waals surface area contributed by atoms with Gasteiger partial charge in [0.15, 0.2) is 0 Å². The van der Waals surface area contributed by atoms with Crippen molar-refractivity contribution in [2.75, 3.05) is 5.43 Å². The first kappa shape index (κ1) is 9.43. The van der Waals surface area contributed by atoms with E-state index >= 15 is 0 Å². The number of benzene rings is 1. The molecular formula is C7H9N3O3. The maximum atomic E-state index is 10.6. The number of hydrogen-bond acceptors (Lipinski definition) is 5. The zero-order valence-electron chi connectivity index (χ0n) is 6.94. The largest absolute Gasteiger partial charge is 0.297 e. The topological polar surface area (TPSA) is 87.4 Å². The lowest BCUT2D eigenvalue weighted by Gasteiger charge is -2.05. The van der Waals surface area contributed by atoms with E-state index in [1.165, 1.54) is 6.07 Å². The first-order valence-corrected chi connectivity index (χ1v) is 3.56. The van der Waals surface area contributed by atoms with Crippen LogP contribution in [0.3, 0.4) is 0 Å². The van der Waals surface area contributed by atoms with Crippen molar-refractivity contribution in [3.05, 3.63) is 33.9 Å². The monoisotopic (exact) mass is 183 g/mol. The van der Waals surface area contributed by atoms with E-state index in [9.17, 15) is 10.1 Å². The summed E-state index contributed by atoms with van der Waals surface area (Å²) in [5, 5.41) is 18.9. The Morgan fingerprint density at radius 1 is 1.54 bits per heavy atom. The standard InChI is InChI=1S/C7H9N3O3/c1-5-3-2-4-6(8-9-11)7(5)10(12)13/h2-4,8-9,11H,1H3. The highest BCUT2D eigenvalue weighted by atomic mass is 16.6. The number of nitro groups is 1. The van der Waals surface area contributed by atoms with Gasteiger partial charge in [0.05, 0.1) is 4.92 Å². The first-order valence-electron chi connectivity index (χ1n) is 3.56. The molecule has 3 N–H and O–H groups in total. The van der Waals surface area contributed by atoms with Crippen LogP contribution in [0.15, 0.2) is 18.2 Å². The molecule has 0 aliphatic rings. The summed E-state index contributed by atoms with van der Waals surface area (Å²) in [4.78, 5) is 10.1. The number of anilines is 1. The molecule has 0 heterocycles. The summed E-state index contributed by atoms with van der Waals surface area (Å²) in [6, 6.07) is 4.77. The predicted octanol–water partition coefficient (Wildman–Crippen LogP) is 1.21. The number of nitrogens with one attached hydrogen (secondary N) is 2. The molecule has 0 fully saturated rings. The van der Waals surface area contributed by atoms with Crippen LogP contribution in [0.4, 0.5) is 11.4 Å². The van der Waals surface area contributed by atoms with Gasteiger partial charge in [-0.1, -0.05) is 12.1 Å². The van der Waals surface area contributed by atoms with Gasteiger partial charge in [0.1, 0.15) is 5.69 Å². The van der Waals surface area contributed by atoms with Crippen LogP contribution in [0.2, 0.25) is 0 Å². The molecule has 1 rings (SSSR count). The van der Waals surface area contributed by atoms with Gasteiger partial charge in [0, 0.05) is 5.56 Å². The number of nitrogens with zero attached hydrogens (tertiary/aromatic N) is 1. The molecule has 0 aliphatic carbocycles. The summed E-state index contributed by atoms with van der Waals surface area (Å²) in [5.74, 6) is 0. The van der Waals surface area contributed by atoms with Crippen molar-refractivity contribution >= 4 is 11.4 Å². The summed E-state index contributed by atoms with van der Waals surface area (Å²) in [5.41, 5.74) is 4.62. The molecule has 13 heavy (non-hydrogen) atoms. The smallest absolute Gasteiger partial charge is 0.296 e. The van der Waals surface area contributed by atoms with Gasteiger partial charge in [-0.05, 0) is 13.0 Å². The van der Waals surface area contributed by atoms with Gasteiger partial charge in [0.2, 0.25) is 0 Å². The Balaban J connectivity index is 3.17. The second-order valence-electron chi connectivity index (χ2n) is 2.46. The lowest BCUT2D eigenvalue weighted by molar-refractivity contribution is -0.384. The van der Waals surface area contributed by atoms with Crippen molar-refractivity contribution in [1.29, 1.82) is 0 Å². The van der Waals surface area contributed by atoms with Crippen molar-refractivity contribution in [1.82, 2.24) is 5.59 Å². The van der Waals surface area contributed by atoms with E-state index in [4.69, 9.17) is 5.21 Å². The molecule has 1 aromatic rings. The highest BCUT2D eigenvalue weighted by molar-refractivity contribution is 5.64. The van der Waals surface area contributed by atoms with Crippen LogP contribution in [0.25, 0.3) is 0 Å². The third-order valence-electron chi connectivity index (χ3n) is 1.61. The number of hydrogen-bond donors (Lipinski definition) is 3. The second-order valence-corrected chi connectivity index (χ2v) is 2.46. The van der Waals surface area contributed by atoms with E-state index in [2.05, 4.69) is 5.43 Å². The number of rotatable bonds is 3. The molecule has 0 amide bonds. The zero-order valence-corrected chi connectivity index (χ0v) is 6.94. The molecule has 6 heteroatoms. The molecular weight excluding hydrogens is 174 g/mol. The zero-order chi connectivity index (χ0) is 9.84. The maximum absolute atomic E-state index is 10.6. The van der Waals surface area contributed by atoms with E-state index in [1.54, 1.807) is 24.6 Å². The average Bonchev–Trinajstić information content (AvgIpc) is 2.04. The third-order valence-corrected chi connectivity index (χ3v) is 1.61. The van der Waals surface area contributed by atoms with Gasteiger partial charge in [0.25, 0.3) is 5.69 Å². The van der Waals surface area contributed by atoms with Gasteiger partial charge in [-0.3, -0.25) is 20.7 Å². The average molecular weight is 183 g/mol. The Morgan fingerprint density at radius 3 is 2.77 bits per heavy atom. The van der Waals surface area contributed by atoms with E-state index in [0.717, 1.165) is 0 Å². The molecule has 0 saturated heterocycles. The van der Waals surface area contributed by atoms with Crippen LogP contribution >= 0.6 is 0 Å². The van der Waals surface area contributed by atoms with Gasteiger partial charge in [-0.2, -0.15) is 0 Å². The molecule has 70 valence electrons. The highest BCUT2D eigenvalue weighted by Gasteiger charge is 2.15. The number of aryl methyl sites for hydroxylation is 1. The van der Waals surface area contributed by atoms with E-state index < -0.39 is 4.92 Å². The SMILES string of the molecule is Cc1cccc(NNO)c1[N+](=O)[O-]. The summed E-state index contributed by atoms with van der Waals surface area (Å²) >= 11 is 0. The number of para-hydroxylation sites is 1. The predicted molar refractivity (Wildman–Crippen MR) is 46.4 cm³/mol. The van der Waals surface area contributed by atoms with Gasteiger partial charge < -0.3 is 0 Å². The molecule has 0 bridgehead atoms. The summed E-state index contributed by atoms with van der Waals surface area (Å²) < 4.78 is 0. The second kappa shape index (κ2) is 3.83. The van der Waals surface area contributed by atoms with Crippen LogP contribution in [0.5, 0.6) is 0 Å². The molecule has 1 aromatic carbocycles. The molecule has 0 saturated carbocycles. The molecule has 0 radical (unpaired) electrons. The molecule has 0 atom stereocenters. The van der Waals surface area contributed by atoms with Crippen molar-refractivity contribution in [2.24, 2.45) is 0 Å². The van der Waals surface area contributed by atoms with E-state index in [0.29, 0.717) is 5.56 Å². The fourth-order valence-corrected chi connectivity index (χ4v) is 1.06. The van der Waals surface area contributed by atoms with Crippen LogP contribution < -0.4 is 11.0 Å². The van der Waals surface area contributed by atoms with E-state index in [1.807, 2.05) is 0 Å². The maximum Gasteiger partial charge on any atom is 0.296 e. The molecule has 0 aliphatic heterocycles. The van der Waals surface area contributed by atoms with Gasteiger partial charge in [-0.15, -0.1) is 5.59 Å². The Hall–Kier alpha value is -1.66. The van der Waals surface area contributed by atoms with Crippen molar-refractivity contribution in [3.63, 3.8) is 0 Å². The van der Waals surface area contributed by atoms with Crippen LogP contribution in [-0.2, 0) is 0 Å². The summed E-state index contributed by atoms with van der Waals surface area (Å²) in [7, 11) is 0. The minimum absolute atomic E-state index is 0.0518. The number of hydrazine groups is 1. The fraction of sp³-hybridized carbons (Fsp3) is 0.143. The van der Waals surface area contributed by atoms with Gasteiger partial charge >= 0.3 is 0 Å². The lowest BCUT2D eigenvalue weighted by Crippen LogP contribution is -2.17. The molecule has 6 nitrogen and oxygen atoms in total. The van der Waals surface area contributed by atoms with Crippen molar-refractivity contribution in [3.8, 4) is 0 Å². The summed E-state index contributed by atoms with van der Waals surface area (Å²) in [6.45, 7) is 1.63. The minimum Gasteiger partial charge on any atom is -0.297 e. The Morgan fingerprint density at radius 2 is 2.23 bits per heavy atom. The lowest BCUT2D eigenvalue weighted by atomic mass is 10.2. The Bertz CT molecular complexity index is 327. The van der Waals surface area contributed by atoms with Crippen molar-refractivity contribution < 1.29 is 10.1 Å².